The molecule has 0 radical (unpaired) electrons. The van der Waals surface area contributed by atoms with Crippen molar-refractivity contribution in [1.29, 1.82) is 0 Å². The molecular weight excluding hydrogens is 1140 g/mol. The molecule has 1 heterocycles. The number of nitrogens with zero attached hydrogens (tertiary/aromatic N) is 1. The summed E-state index contributed by atoms with van der Waals surface area (Å²) in [5, 5.41) is 2.20. The van der Waals surface area contributed by atoms with Crippen molar-refractivity contribution in [1.82, 2.24) is 0 Å². The molecule has 0 N–H and O–H groups in total. The lowest BCUT2D eigenvalue weighted by Crippen LogP contribution is -2.27. The molecule has 2 atom stereocenters. The van der Waals surface area contributed by atoms with Gasteiger partial charge >= 0.3 is 0 Å². The maximum absolute atomic E-state index is 6.41. The molecule has 0 fully saturated rings. The maximum atomic E-state index is 6.41. The summed E-state index contributed by atoms with van der Waals surface area (Å²) in [5.41, 5.74) is 24.9. The Morgan fingerprint density at radius 3 is 1.21 bits per heavy atom. The molecule has 0 saturated carbocycles. The Morgan fingerprint density at radius 2 is 0.723 bits per heavy atom. The van der Waals surface area contributed by atoms with Gasteiger partial charge in [0, 0.05) is 38.7 Å². The molecule has 4 nitrogen and oxygen atoms in total. The van der Waals surface area contributed by atoms with Crippen molar-refractivity contribution in [2.75, 3.05) is 18.1 Å². The molecule has 13 aromatic rings. The van der Waals surface area contributed by atoms with E-state index in [-0.39, 0.29) is 10.8 Å². The maximum Gasteiger partial charge on any atom is 0.135 e. The van der Waals surface area contributed by atoms with Gasteiger partial charge in [0.15, 0.2) is 0 Å². The molecule has 94 heavy (non-hydrogen) atoms. The van der Waals surface area contributed by atoms with Crippen molar-refractivity contribution >= 4 is 51.2 Å². The van der Waals surface area contributed by atoms with E-state index in [4.69, 9.17) is 13.9 Å². The summed E-state index contributed by atoms with van der Waals surface area (Å²) in [4.78, 5) is 2.40. The van der Waals surface area contributed by atoms with Crippen LogP contribution in [0.2, 0.25) is 0 Å². The molecule has 0 spiro atoms. The summed E-state index contributed by atoms with van der Waals surface area (Å²) in [6, 6.07) is 105. The van der Waals surface area contributed by atoms with Crippen LogP contribution in [0.4, 0.5) is 17.1 Å². The van der Waals surface area contributed by atoms with Crippen molar-refractivity contribution in [2.24, 2.45) is 0 Å². The van der Waals surface area contributed by atoms with Crippen LogP contribution in [0, 0.1) is 0 Å². The summed E-state index contributed by atoms with van der Waals surface area (Å²) < 4.78 is 18.7. The predicted octanol–water partition coefficient (Wildman–Crippen LogP) is 24.4. The number of benzene rings is 12. The Morgan fingerprint density at radius 1 is 0.319 bits per heavy atom. The third-order valence-corrected chi connectivity index (χ3v) is 20.0. The van der Waals surface area contributed by atoms with E-state index in [0.29, 0.717) is 13.2 Å². The number of ether oxygens (including phenoxy) is 2. The van der Waals surface area contributed by atoms with Gasteiger partial charge in [0.1, 0.15) is 22.7 Å². The first-order valence-electron chi connectivity index (χ1n) is 33.7. The van der Waals surface area contributed by atoms with Gasteiger partial charge in [-0.3, -0.25) is 0 Å². The Bertz CT molecular complexity index is 4560. The fourth-order valence-electron chi connectivity index (χ4n) is 15.4. The number of rotatable bonds is 25. The molecule has 4 heteroatoms. The molecule has 0 saturated heterocycles. The second-order valence-corrected chi connectivity index (χ2v) is 25.4. The lowest BCUT2D eigenvalue weighted by Gasteiger charge is -2.33. The molecule has 2 unspecified atom stereocenters. The van der Waals surface area contributed by atoms with Crippen molar-refractivity contribution in [3.05, 3.63) is 343 Å². The van der Waals surface area contributed by atoms with Crippen LogP contribution in [0.25, 0.3) is 78.6 Å². The minimum Gasteiger partial charge on any atom is -0.494 e. The van der Waals surface area contributed by atoms with E-state index in [0.717, 1.165) is 126 Å². The average molecular weight is 1220 g/mol. The monoisotopic (exact) mass is 1220 g/mol. The van der Waals surface area contributed by atoms with Crippen molar-refractivity contribution in [3.63, 3.8) is 0 Å². The standard InChI is InChI=1S/C90H77NO3/c1-3-64-35-50-75(51-36-64)92-59-23-7-5-21-57-89(70-25-11-9-12-26-70)83-32-18-15-29-77(83)79-54-43-68(61-85(79)89)66-39-45-72(46-40-66)91(74-49-56-88-82(63-74)81-31-17-20-34-87(81)94-88)73-47-41-67(42-48-73)69-44-55-80-78-30-16-19-33-84(78)90(86(80)62-69,71-27-13-10-14-28-71)58-22-6-8-24-60-93-76-52-37-65(4-2)38-53-76/h3-4,9-20,25-56,61-63H,1-2,5-8,21-24,57-60H2. The molecule has 1 aromatic heterocycles. The van der Waals surface area contributed by atoms with Gasteiger partial charge in [0.2, 0.25) is 0 Å². The van der Waals surface area contributed by atoms with E-state index in [1.807, 2.05) is 42.5 Å². The minimum absolute atomic E-state index is 0.294. The van der Waals surface area contributed by atoms with Crippen molar-refractivity contribution in [2.45, 2.75) is 75.0 Å². The Balaban J connectivity index is 0.729. The quantitative estimate of drug-likeness (QED) is 0.0534. The van der Waals surface area contributed by atoms with Gasteiger partial charge in [-0.2, -0.15) is 0 Å². The lowest BCUT2D eigenvalue weighted by atomic mass is 9.69. The number of hydrogen-bond acceptors (Lipinski definition) is 4. The van der Waals surface area contributed by atoms with E-state index < -0.39 is 0 Å². The minimum atomic E-state index is -0.294. The molecule has 15 rings (SSSR count). The van der Waals surface area contributed by atoms with E-state index in [1.165, 1.54) is 77.9 Å². The van der Waals surface area contributed by atoms with Crippen molar-refractivity contribution < 1.29 is 13.9 Å². The van der Waals surface area contributed by atoms with Gasteiger partial charge in [-0.05, 0) is 200 Å². The SMILES string of the molecule is C=Cc1ccc(OCCCCCCC2(c3ccccc3)c3ccccc3-c3ccc(-c4ccc(N(c5ccc(-c6ccc7c(c6)C(CCCCCCOc6ccc(C=C)cc6)(c6ccccc6)c6ccccc6-7)cc5)c5ccc6oc7ccccc7c6c5)cc4)cc32)cc1. The second kappa shape index (κ2) is 26.5. The third-order valence-electron chi connectivity index (χ3n) is 20.0. The summed E-state index contributed by atoms with van der Waals surface area (Å²) in [7, 11) is 0. The first kappa shape index (κ1) is 59.6. The second-order valence-electron chi connectivity index (χ2n) is 25.4. The van der Waals surface area contributed by atoms with E-state index >= 15 is 0 Å². The van der Waals surface area contributed by atoms with E-state index in [1.54, 1.807) is 0 Å². The number of hydrogen-bond donors (Lipinski definition) is 0. The molecule has 0 aliphatic heterocycles. The zero-order valence-electron chi connectivity index (χ0n) is 53.4. The number of para-hydroxylation sites is 1. The van der Waals surface area contributed by atoms with Gasteiger partial charge in [-0.15, -0.1) is 0 Å². The molecule has 2 aliphatic rings. The van der Waals surface area contributed by atoms with Crippen LogP contribution in [0.1, 0.15) is 109 Å². The number of furan rings is 1. The highest BCUT2D eigenvalue weighted by atomic mass is 16.5. The van der Waals surface area contributed by atoms with Crippen LogP contribution in [-0.2, 0) is 10.8 Å². The van der Waals surface area contributed by atoms with E-state index in [9.17, 15) is 0 Å². The van der Waals surface area contributed by atoms with E-state index in [2.05, 4.69) is 273 Å². The van der Waals surface area contributed by atoms with Crippen LogP contribution in [-0.4, -0.2) is 13.2 Å². The Kier molecular flexibility index (Phi) is 16.8. The van der Waals surface area contributed by atoms with Crippen LogP contribution < -0.4 is 14.4 Å². The first-order chi connectivity index (χ1) is 46.5. The molecule has 12 aromatic carbocycles. The summed E-state index contributed by atoms with van der Waals surface area (Å²) in [5.74, 6) is 1.82. The smallest absolute Gasteiger partial charge is 0.135 e. The highest BCUT2D eigenvalue weighted by molar-refractivity contribution is 6.06. The van der Waals surface area contributed by atoms with Gasteiger partial charge in [0.05, 0.1) is 13.2 Å². The zero-order chi connectivity index (χ0) is 63.3. The van der Waals surface area contributed by atoms with Crippen LogP contribution >= 0.6 is 0 Å². The van der Waals surface area contributed by atoms with Gasteiger partial charge in [0.25, 0.3) is 0 Å². The average Bonchev–Trinajstić information content (AvgIpc) is 1.56. The van der Waals surface area contributed by atoms with Crippen LogP contribution in [0.3, 0.4) is 0 Å². The molecule has 0 amide bonds. The first-order valence-corrected chi connectivity index (χ1v) is 33.7. The topological polar surface area (TPSA) is 34.8 Å². The van der Waals surface area contributed by atoms with Crippen LogP contribution in [0.5, 0.6) is 11.5 Å². The molecular formula is C90H77NO3. The highest BCUT2D eigenvalue weighted by Crippen LogP contribution is 2.58. The summed E-state index contributed by atoms with van der Waals surface area (Å²) >= 11 is 0. The molecule has 0 bridgehead atoms. The fourth-order valence-corrected chi connectivity index (χ4v) is 15.4. The lowest BCUT2D eigenvalue weighted by molar-refractivity contribution is 0.303. The zero-order valence-corrected chi connectivity index (χ0v) is 53.4. The predicted molar refractivity (Wildman–Crippen MR) is 393 cm³/mol. The highest BCUT2D eigenvalue weighted by Gasteiger charge is 2.45. The fraction of sp³-hybridized carbons (Fsp3) is 0.156. The van der Waals surface area contributed by atoms with Crippen LogP contribution in [0.15, 0.2) is 303 Å². The van der Waals surface area contributed by atoms with Gasteiger partial charge < -0.3 is 18.8 Å². The third kappa shape index (κ3) is 11.3. The largest absolute Gasteiger partial charge is 0.494 e. The molecule has 2 aliphatic carbocycles. The number of anilines is 3. The number of fused-ring (bicyclic) bond motifs is 9. The summed E-state index contributed by atoms with van der Waals surface area (Å²) in [6.07, 6.45) is 14.4. The normalized spacial score (nSPS) is 15.1. The number of unbranched alkanes of at least 4 members (excludes halogenated alkanes) is 6. The van der Waals surface area contributed by atoms with Gasteiger partial charge in [-0.25, -0.2) is 0 Å². The van der Waals surface area contributed by atoms with Crippen molar-refractivity contribution in [3.8, 4) is 56.0 Å². The molecule has 460 valence electrons. The van der Waals surface area contributed by atoms with Gasteiger partial charge in [-0.1, -0.05) is 264 Å². The summed E-state index contributed by atoms with van der Waals surface area (Å²) in [6.45, 7) is 9.20. The Labute approximate surface area is 553 Å². The Hall–Kier alpha value is -10.7.